The molecule has 0 spiro atoms. The quantitative estimate of drug-likeness (QED) is 0.824. The fourth-order valence-electron chi connectivity index (χ4n) is 2.01. The van der Waals surface area contributed by atoms with Gasteiger partial charge in [-0.25, -0.2) is 4.98 Å². The van der Waals surface area contributed by atoms with Crippen molar-refractivity contribution in [3.05, 3.63) is 42.0 Å². The molecule has 1 N–H and O–H groups in total. The van der Waals surface area contributed by atoms with E-state index in [4.69, 9.17) is 4.74 Å². The summed E-state index contributed by atoms with van der Waals surface area (Å²) in [5.74, 6) is 1.64. The van der Waals surface area contributed by atoms with E-state index in [0.717, 1.165) is 11.6 Å². The summed E-state index contributed by atoms with van der Waals surface area (Å²) in [6, 6.07) is 7.79. The third kappa shape index (κ3) is 4.84. The minimum atomic E-state index is -0.551. The predicted octanol–water partition coefficient (Wildman–Crippen LogP) is 0.995. The second-order valence-corrected chi connectivity index (χ2v) is 5.27. The molecule has 0 aliphatic rings. The van der Waals surface area contributed by atoms with E-state index in [1.54, 1.807) is 4.68 Å². The molecule has 0 radical (unpaired) electrons. The monoisotopic (exact) mass is 290 g/mol. The largest absolute Gasteiger partial charge is 0.491 e. The van der Waals surface area contributed by atoms with Gasteiger partial charge in [0.15, 0.2) is 0 Å². The molecule has 0 fully saturated rings. The Morgan fingerprint density at radius 3 is 2.67 bits per heavy atom. The van der Waals surface area contributed by atoms with Crippen LogP contribution in [0.3, 0.4) is 0 Å². The first-order valence-corrected chi connectivity index (χ1v) is 6.93. The number of rotatable bonds is 7. The van der Waals surface area contributed by atoms with Crippen molar-refractivity contribution >= 4 is 0 Å². The number of ether oxygens (including phenoxy) is 1. The van der Waals surface area contributed by atoms with Crippen LogP contribution in [-0.4, -0.2) is 51.1 Å². The highest BCUT2D eigenvalue weighted by Gasteiger charge is 2.11. The van der Waals surface area contributed by atoms with Gasteiger partial charge in [-0.1, -0.05) is 17.7 Å². The van der Waals surface area contributed by atoms with E-state index >= 15 is 0 Å². The third-order valence-corrected chi connectivity index (χ3v) is 3.20. The number of hydrogen-bond donors (Lipinski definition) is 1. The Bertz CT molecular complexity index is 553. The average Bonchev–Trinajstić information content (AvgIpc) is 2.83. The number of nitrogens with zero attached hydrogens (tertiary/aromatic N) is 4. The van der Waals surface area contributed by atoms with E-state index in [-0.39, 0.29) is 6.61 Å². The summed E-state index contributed by atoms with van der Waals surface area (Å²) >= 11 is 0. The fourth-order valence-corrected chi connectivity index (χ4v) is 2.01. The van der Waals surface area contributed by atoms with Crippen LogP contribution < -0.4 is 4.74 Å². The molecule has 1 heterocycles. The molecule has 114 valence electrons. The van der Waals surface area contributed by atoms with Gasteiger partial charge in [0, 0.05) is 13.6 Å². The van der Waals surface area contributed by atoms with E-state index in [1.807, 2.05) is 50.2 Å². The molecule has 0 bridgehead atoms. The number of aliphatic hydroxyl groups excluding tert-OH is 1. The Morgan fingerprint density at radius 1 is 1.33 bits per heavy atom. The van der Waals surface area contributed by atoms with Gasteiger partial charge in [0.05, 0.1) is 6.54 Å². The number of likely N-dealkylation sites (N-methyl/N-ethyl adjacent to an activating group) is 1. The third-order valence-electron chi connectivity index (χ3n) is 3.20. The molecule has 0 amide bonds. The van der Waals surface area contributed by atoms with E-state index in [0.29, 0.717) is 13.1 Å². The Morgan fingerprint density at radius 2 is 2.05 bits per heavy atom. The molecule has 21 heavy (non-hydrogen) atoms. The second-order valence-electron chi connectivity index (χ2n) is 5.27. The number of hydrogen-bond acceptors (Lipinski definition) is 5. The zero-order valence-corrected chi connectivity index (χ0v) is 12.7. The van der Waals surface area contributed by atoms with Crippen molar-refractivity contribution in [3.63, 3.8) is 0 Å². The van der Waals surface area contributed by atoms with Crippen LogP contribution in [-0.2, 0) is 13.6 Å². The van der Waals surface area contributed by atoms with Crippen LogP contribution in [0, 0.1) is 6.92 Å². The summed E-state index contributed by atoms with van der Waals surface area (Å²) in [5.41, 5.74) is 1.19. The van der Waals surface area contributed by atoms with Gasteiger partial charge >= 0.3 is 0 Å². The smallest absolute Gasteiger partial charge is 0.140 e. The van der Waals surface area contributed by atoms with Gasteiger partial charge in [-0.15, -0.1) is 0 Å². The molecule has 0 aliphatic carbocycles. The lowest BCUT2D eigenvalue weighted by Crippen LogP contribution is -2.33. The molecule has 1 atom stereocenters. The van der Waals surface area contributed by atoms with Crippen LogP contribution >= 0.6 is 0 Å². The van der Waals surface area contributed by atoms with Crippen molar-refractivity contribution in [1.82, 2.24) is 19.7 Å². The topological polar surface area (TPSA) is 63.4 Å². The predicted molar refractivity (Wildman–Crippen MR) is 80.0 cm³/mol. The van der Waals surface area contributed by atoms with Crippen LogP contribution in [0.4, 0.5) is 0 Å². The first-order chi connectivity index (χ1) is 10.0. The summed E-state index contributed by atoms with van der Waals surface area (Å²) in [5, 5.41) is 14.0. The lowest BCUT2D eigenvalue weighted by Gasteiger charge is -2.20. The van der Waals surface area contributed by atoms with Gasteiger partial charge < -0.3 is 9.84 Å². The zero-order chi connectivity index (χ0) is 15.2. The molecule has 1 aromatic carbocycles. The Kier molecular flexibility index (Phi) is 5.30. The lowest BCUT2D eigenvalue weighted by atomic mass is 10.2. The van der Waals surface area contributed by atoms with Crippen LogP contribution in [0.1, 0.15) is 11.4 Å². The van der Waals surface area contributed by atoms with Crippen LogP contribution in [0.25, 0.3) is 0 Å². The fraction of sp³-hybridized carbons (Fsp3) is 0.467. The molecule has 6 heteroatoms. The highest BCUT2D eigenvalue weighted by molar-refractivity contribution is 5.26. The van der Waals surface area contributed by atoms with E-state index in [2.05, 4.69) is 10.1 Å². The van der Waals surface area contributed by atoms with Crippen molar-refractivity contribution in [1.29, 1.82) is 0 Å². The summed E-state index contributed by atoms with van der Waals surface area (Å²) in [4.78, 5) is 6.16. The SMILES string of the molecule is Cc1ccc(OCC(O)CN(C)Cc2ncnn2C)cc1. The average molecular weight is 290 g/mol. The number of aryl methyl sites for hydroxylation is 2. The van der Waals surface area contributed by atoms with Gasteiger partial charge in [0.25, 0.3) is 0 Å². The van der Waals surface area contributed by atoms with Crippen LogP contribution in [0.15, 0.2) is 30.6 Å². The zero-order valence-electron chi connectivity index (χ0n) is 12.7. The number of aliphatic hydroxyl groups is 1. The van der Waals surface area contributed by atoms with Crippen molar-refractivity contribution in [2.75, 3.05) is 20.2 Å². The first-order valence-electron chi connectivity index (χ1n) is 6.93. The highest BCUT2D eigenvalue weighted by atomic mass is 16.5. The van der Waals surface area contributed by atoms with Crippen molar-refractivity contribution in [2.24, 2.45) is 7.05 Å². The van der Waals surface area contributed by atoms with Crippen molar-refractivity contribution < 1.29 is 9.84 Å². The van der Waals surface area contributed by atoms with Gasteiger partial charge in [-0.3, -0.25) is 9.58 Å². The minimum Gasteiger partial charge on any atom is -0.491 e. The van der Waals surface area contributed by atoms with Crippen LogP contribution in [0.2, 0.25) is 0 Å². The van der Waals surface area contributed by atoms with Gasteiger partial charge in [-0.2, -0.15) is 5.10 Å². The van der Waals surface area contributed by atoms with Gasteiger partial charge in [0.2, 0.25) is 0 Å². The minimum absolute atomic E-state index is 0.270. The molecular formula is C15H22N4O2. The number of benzene rings is 1. The van der Waals surface area contributed by atoms with E-state index in [9.17, 15) is 5.11 Å². The maximum absolute atomic E-state index is 10.0. The molecule has 2 rings (SSSR count). The van der Waals surface area contributed by atoms with E-state index < -0.39 is 6.10 Å². The molecular weight excluding hydrogens is 268 g/mol. The Hall–Kier alpha value is -1.92. The van der Waals surface area contributed by atoms with Crippen molar-refractivity contribution in [2.45, 2.75) is 19.6 Å². The van der Waals surface area contributed by atoms with Crippen LogP contribution in [0.5, 0.6) is 5.75 Å². The Labute approximate surface area is 125 Å². The maximum Gasteiger partial charge on any atom is 0.140 e. The normalized spacial score (nSPS) is 12.6. The van der Waals surface area contributed by atoms with Crippen molar-refractivity contribution in [3.8, 4) is 5.75 Å². The summed E-state index contributed by atoms with van der Waals surface area (Å²) in [6.45, 7) is 3.45. The standard InChI is InChI=1S/C15H22N4O2/c1-12-4-6-14(7-5-12)21-10-13(20)8-18(2)9-15-16-11-17-19(15)3/h4-7,11,13,20H,8-10H2,1-3H3. The molecule has 1 unspecified atom stereocenters. The van der Waals surface area contributed by atoms with Gasteiger partial charge in [-0.05, 0) is 26.1 Å². The molecule has 0 aliphatic heterocycles. The summed E-state index contributed by atoms with van der Waals surface area (Å²) in [7, 11) is 3.79. The van der Waals surface area contributed by atoms with Gasteiger partial charge in [0.1, 0.15) is 30.6 Å². The molecule has 0 saturated carbocycles. The summed E-state index contributed by atoms with van der Waals surface area (Å²) < 4.78 is 7.30. The number of aromatic nitrogens is 3. The lowest BCUT2D eigenvalue weighted by molar-refractivity contribution is 0.0734. The molecule has 1 aromatic heterocycles. The van der Waals surface area contributed by atoms with E-state index in [1.165, 1.54) is 11.9 Å². The first kappa shape index (κ1) is 15.5. The highest BCUT2D eigenvalue weighted by Crippen LogP contribution is 2.11. The molecule has 2 aromatic rings. The maximum atomic E-state index is 10.0. The Balaban J connectivity index is 1.74. The molecule has 6 nitrogen and oxygen atoms in total. The summed E-state index contributed by atoms with van der Waals surface area (Å²) in [6.07, 6.45) is 0.977. The molecule has 0 saturated heterocycles. The second kappa shape index (κ2) is 7.19.